The first kappa shape index (κ1) is 18.2. The molecular weight excluding hydrogens is 321 g/mol. The Labute approximate surface area is 131 Å². The van der Waals surface area contributed by atoms with Gasteiger partial charge in [-0.25, -0.2) is 0 Å². The van der Waals surface area contributed by atoms with Gasteiger partial charge in [-0.3, -0.25) is 4.68 Å². The van der Waals surface area contributed by atoms with Crippen LogP contribution in [0.15, 0.2) is 30.5 Å². The van der Waals surface area contributed by atoms with Gasteiger partial charge in [0.15, 0.2) is 0 Å². The Bertz CT molecular complexity index is 571. The first-order valence-corrected chi connectivity index (χ1v) is 6.39. The third-order valence-corrected chi connectivity index (χ3v) is 2.74. The fourth-order valence-corrected chi connectivity index (χ4v) is 1.79. The maximum atomic E-state index is 12.1. The molecule has 1 heterocycles. The molecule has 2 rings (SSSR count). The van der Waals surface area contributed by atoms with Gasteiger partial charge < -0.3 is 10.1 Å². The lowest BCUT2D eigenvalue weighted by atomic mass is 10.2. The van der Waals surface area contributed by atoms with Crippen molar-refractivity contribution in [2.45, 2.75) is 19.3 Å². The molecule has 0 saturated heterocycles. The molecule has 0 radical (unpaired) electrons. The molecule has 9 heteroatoms. The van der Waals surface area contributed by atoms with Gasteiger partial charge in [-0.1, -0.05) is 5.21 Å². The summed E-state index contributed by atoms with van der Waals surface area (Å²) in [7, 11) is 1.87. The second kappa shape index (κ2) is 8.00. The fourth-order valence-electron chi connectivity index (χ4n) is 1.79. The Morgan fingerprint density at radius 3 is 2.50 bits per heavy atom. The molecule has 0 aliphatic rings. The molecule has 1 N–H and O–H groups in total. The van der Waals surface area contributed by atoms with Gasteiger partial charge in [0.1, 0.15) is 11.4 Å². The molecule has 0 saturated carbocycles. The molecule has 5 nitrogen and oxygen atoms in total. The van der Waals surface area contributed by atoms with Crippen LogP contribution >= 0.6 is 12.4 Å². The number of nitrogens with zero attached hydrogens (tertiary/aromatic N) is 3. The van der Waals surface area contributed by atoms with Gasteiger partial charge >= 0.3 is 6.36 Å². The van der Waals surface area contributed by atoms with Crippen LogP contribution in [0.2, 0.25) is 0 Å². The summed E-state index contributed by atoms with van der Waals surface area (Å²) in [6, 6.07) is 5.54. The minimum atomic E-state index is -4.68. The average molecular weight is 337 g/mol. The summed E-state index contributed by atoms with van der Waals surface area (Å²) in [5, 5.41) is 11.0. The van der Waals surface area contributed by atoms with E-state index < -0.39 is 6.36 Å². The van der Waals surface area contributed by atoms with Crippen molar-refractivity contribution in [3.05, 3.63) is 30.5 Å². The highest BCUT2D eigenvalue weighted by molar-refractivity contribution is 5.85. The van der Waals surface area contributed by atoms with Gasteiger partial charge in [0.2, 0.25) is 0 Å². The third-order valence-electron chi connectivity index (χ3n) is 2.74. The number of nitrogens with one attached hydrogen (secondary N) is 1. The van der Waals surface area contributed by atoms with Crippen LogP contribution < -0.4 is 10.1 Å². The van der Waals surface area contributed by atoms with E-state index in [4.69, 9.17) is 0 Å². The Morgan fingerprint density at radius 1 is 1.23 bits per heavy atom. The SMILES string of the molecule is CNCCCn1cc(-c2ccc(OC(F)(F)F)cc2)nn1.Cl. The maximum absolute atomic E-state index is 12.1. The first-order chi connectivity index (χ1) is 9.98. The average Bonchev–Trinajstić information content (AvgIpc) is 2.87. The highest BCUT2D eigenvalue weighted by Crippen LogP contribution is 2.25. The Kier molecular flexibility index (Phi) is 6.63. The molecule has 0 atom stereocenters. The van der Waals surface area contributed by atoms with Gasteiger partial charge in [-0.05, 0) is 44.3 Å². The van der Waals surface area contributed by atoms with E-state index in [0.717, 1.165) is 19.5 Å². The molecule has 1 aromatic heterocycles. The smallest absolute Gasteiger partial charge is 0.406 e. The van der Waals surface area contributed by atoms with Crippen LogP contribution in [0.5, 0.6) is 5.75 Å². The molecule has 0 unspecified atom stereocenters. The molecule has 2 aromatic rings. The van der Waals surface area contributed by atoms with Crippen LogP contribution in [0.3, 0.4) is 0 Å². The zero-order chi connectivity index (χ0) is 15.3. The summed E-state index contributed by atoms with van der Waals surface area (Å²) in [6.45, 7) is 1.60. The second-order valence-corrected chi connectivity index (χ2v) is 4.40. The molecule has 0 amide bonds. The molecular formula is C13H16ClF3N4O. The Morgan fingerprint density at radius 2 is 1.91 bits per heavy atom. The van der Waals surface area contributed by atoms with E-state index in [2.05, 4.69) is 20.4 Å². The molecule has 1 aromatic carbocycles. The minimum absolute atomic E-state index is 0. The molecule has 0 aliphatic carbocycles. The van der Waals surface area contributed by atoms with E-state index in [1.165, 1.54) is 24.3 Å². The topological polar surface area (TPSA) is 52.0 Å². The van der Waals surface area contributed by atoms with Crippen molar-refractivity contribution < 1.29 is 17.9 Å². The number of aromatic nitrogens is 3. The van der Waals surface area contributed by atoms with Crippen molar-refractivity contribution in [2.24, 2.45) is 0 Å². The number of alkyl halides is 3. The van der Waals surface area contributed by atoms with E-state index in [1.807, 2.05) is 7.05 Å². The van der Waals surface area contributed by atoms with Crippen LogP contribution in [0.1, 0.15) is 6.42 Å². The lowest BCUT2D eigenvalue weighted by molar-refractivity contribution is -0.274. The fraction of sp³-hybridized carbons (Fsp3) is 0.385. The summed E-state index contributed by atoms with van der Waals surface area (Å²) in [5.41, 5.74) is 1.29. The van der Waals surface area contributed by atoms with Crippen molar-refractivity contribution in [3.63, 3.8) is 0 Å². The van der Waals surface area contributed by atoms with Gasteiger partial charge in [-0.15, -0.1) is 30.7 Å². The molecule has 0 fully saturated rings. The minimum Gasteiger partial charge on any atom is -0.406 e. The molecule has 0 spiro atoms. The largest absolute Gasteiger partial charge is 0.573 e. The summed E-state index contributed by atoms with van der Waals surface area (Å²) in [5.74, 6) is -0.257. The van der Waals surface area contributed by atoms with Crippen molar-refractivity contribution in [3.8, 4) is 17.0 Å². The number of hydrogen-bond donors (Lipinski definition) is 1. The van der Waals surface area contributed by atoms with E-state index >= 15 is 0 Å². The summed E-state index contributed by atoms with van der Waals surface area (Å²) < 4.78 is 41.7. The highest BCUT2D eigenvalue weighted by Gasteiger charge is 2.30. The van der Waals surface area contributed by atoms with E-state index in [-0.39, 0.29) is 18.2 Å². The number of hydrogen-bond acceptors (Lipinski definition) is 4. The summed E-state index contributed by atoms with van der Waals surface area (Å²) in [4.78, 5) is 0. The number of rotatable bonds is 6. The number of benzene rings is 1. The number of aryl methyl sites for hydroxylation is 1. The van der Waals surface area contributed by atoms with Crippen LogP contribution in [-0.4, -0.2) is 34.9 Å². The van der Waals surface area contributed by atoms with Crippen LogP contribution in [0.25, 0.3) is 11.3 Å². The van der Waals surface area contributed by atoms with E-state index in [1.54, 1.807) is 10.9 Å². The predicted octanol–water partition coefficient (Wildman–Crippen LogP) is 2.88. The van der Waals surface area contributed by atoms with E-state index in [0.29, 0.717) is 11.3 Å². The lowest BCUT2D eigenvalue weighted by Gasteiger charge is -2.08. The quantitative estimate of drug-likeness (QED) is 0.824. The van der Waals surface area contributed by atoms with Crippen molar-refractivity contribution in [1.29, 1.82) is 0 Å². The van der Waals surface area contributed by atoms with Crippen molar-refractivity contribution in [1.82, 2.24) is 20.3 Å². The van der Waals surface area contributed by atoms with Crippen LogP contribution in [0.4, 0.5) is 13.2 Å². The van der Waals surface area contributed by atoms with Gasteiger partial charge in [0.25, 0.3) is 0 Å². The molecule has 22 heavy (non-hydrogen) atoms. The van der Waals surface area contributed by atoms with Crippen molar-refractivity contribution in [2.75, 3.05) is 13.6 Å². The van der Waals surface area contributed by atoms with Crippen molar-refractivity contribution >= 4 is 12.4 Å². The Hall–Kier alpha value is -1.80. The monoisotopic (exact) mass is 336 g/mol. The third kappa shape index (κ3) is 5.53. The molecule has 122 valence electrons. The van der Waals surface area contributed by atoms with Gasteiger partial charge in [0.05, 0.1) is 6.20 Å². The maximum Gasteiger partial charge on any atom is 0.573 e. The summed E-state index contributed by atoms with van der Waals surface area (Å²) in [6.07, 6.45) is -2.01. The van der Waals surface area contributed by atoms with Crippen LogP contribution in [-0.2, 0) is 6.54 Å². The lowest BCUT2D eigenvalue weighted by Crippen LogP contribution is -2.16. The normalized spacial score (nSPS) is 11.1. The molecule has 0 bridgehead atoms. The first-order valence-electron chi connectivity index (χ1n) is 6.39. The summed E-state index contributed by atoms with van der Waals surface area (Å²) >= 11 is 0. The zero-order valence-corrected chi connectivity index (χ0v) is 12.6. The van der Waals surface area contributed by atoms with Crippen LogP contribution in [0, 0.1) is 0 Å². The second-order valence-electron chi connectivity index (χ2n) is 4.40. The zero-order valence-electron chi connectivity index (χ0n) is 11.8. The Balaban J connectivity index is 0.00000242. The van der Waals surface area contributed by atoms with Gasteiger partial charge in [-0.2, -0.15) is 0 Å². The number of ether oxygens (including phenoxy) is 1. The molecule has 0 aliphatic heterocycles. The highest BCUT2D eigenvalue weighted by atomic mass is 35.5. The number of halogens is 4. The van der Waals surface area contributed by atoms with E-state index in [9.17, 15) is 13.2 Å². The standard InChI is InChI=1S/C13H15F3N4O.ClH/c1-17-7-2-8-20-9-12(18-19-20)10-3-5-11(6-4-10)21-13(14,15)16;/h3-6,9,17H,2,7-8H2,1H3;1H. The predicted molar refractivity (Wildman–Crippen MR) is 77.9 cm³/mol. The van der Waals surface area contributed by atoms with Gasteiger partial charge in [0, 0.05) is 12.1 Å².